The number of nitrogens with one attached hydrogen (secondary N) is 2. The van der Waals surface area contributed by atoms with Gasteiger partial charge in [-0.2, -0.15) is 41.4 Å². The average molecular weight is 452 g/mol. The molecule has 0 fully saturated rings. The molecule has 0 saturated carbocycles. The van der Waals surface area contributed by atoms with Crippen molar-refractivity contribution in [3.63, 3.8) is 0 Å². The van der Waals surface area contributed by atoms with Crippen LogP contribution in [0.3, 0.4) is 0 Å². The molecule has 32 heavy (non-hydrogen) atoms. The first-order valence-electron chi connectivity index (χ1n) is 8.70. The van der Waals surface area contributed by atoms with Crippen molar-refractivity contribution < 1.29 is 26.3 Å². The Labute approximate surface area is 174 Å². The van der Waals surface area contributed by atoms with E-state index in [0.29, 0.717) is 5.56 Å². The highest BCUT2D eigenvalue weighted by Gasteiger charge is 2.33. The molecule has 0 spiro atoms. The molecule has 0 aromatic carbocycles. The Balaban J connectivity index is 1.78. The second-order valence-corrected chi connectivity index (χ2v) is 6.25. The SMILES string of the molecule is FC(F)(F)c1cc(Nc2nc(-c3cn[nH]c3)nc(-c3cccc(C(F)(F)F)n3)n2)ccn1. The van der Waals surface area contributed by atoms with Gasteiger partial charge in [-0.15, -0.1) is 0 Å². The molecule has 0 amide bonds. The molecule has 4 rings (SSSR count). The number of anilines is 2. The molecule has 2 N–H and O–H groups in total. The number of H-pyrrole nitrogens is 1. The lowest BCUT2D eigenvalue weighted by Crippen LogP contribution is -2.10. The van der Waals surface area contributed by atoms with Gasteiger partial charge in [0.1, 0.15) is 17.1 Å². The quantitative estimate of drug-likeness (QED) is 0.439. The van der Waals surface area contributed by atoms with Crippen molar-refractivity contribution in [2.45, 2.75) is 12.4 Å². The summed E-state index contributed by atoms with van der Waals surface area (Å²) in [7, 11) is 0. The largest absolute Gasteiger partial charge is 0.433 e. The molecule has 0 radical (unpaired) electrons. The molecule has 0 unspecified atom stereocenters. The lowest BCUT2D eigenvalue weighted by Gasteiger charge is -2.11. The van der Waals surface area contributed by atoms with Crippen LogP contribution in [0.2, 0.25) is 0 Å². The van der Waals surface area contributed by atoms with E-state index in [1.165, 1.54) is 24.5 Å². The van der Waals surface area contributed by atoms with Crippen molar-refractivity contribution in [3.05, 3.63) is 60.3 Å². The van der Waals surface area contributed by atoms with E-state index in [-0.39, 0.29) is 29.0 Å². The maximum absolute atomic E-state index is 13.0. The van der Waals surface area contributed by atoms with Gasteiger partial charge < -0.3 is 5.32 Å². The van der Waals surface area contributed by atoms with Gasteiger partial charge in [0.15, 0.2) is 11.6 Å². The van der Waals surface area contributed by atoms with Crippen molar-refractivity contribution in [2.75, 3.05) is 5.32 Å². The molecule has 4 aromatic rings. The van der Waals surface area contributed by atoms with E-state index < -0.39 is 23.7 Å². The molecule has 0 bridgehead atoms. The van der Waals surface area contributed by atoms with Gasteiger partial charge in [-0.1, -0.05) is 6.07 Å². The van der Waals surface area contributed by atoms with Crippen molar-refractivity contribution in [1.82, 2.24) is 35.1 Å². The number of hydrogen-bond donors (Lipinski definition) is 2. The zero-order chi connectivity index (χ0) is 22.9. The van der Waals surface area contributed by atoms with Crippen LogP contribution in [0.4, 0.5) is 38.0 Å². The molecule has 14 heteroatoms. The van der Waals surface area contributed by atoms with Crippen LogP contribution in [-0.4, -0.2) is 35.1 Å². The van der Waals surface area contributed by atoms with Gasteiger partial charge >= 0.3 is 12.4 Å². The third-order valence-electron chi connectivity index (χ3n) is 3.97. The molecule has 8 nitrogen and oxygen atoms in total. The summed E-state index contributed by atoms with van der Waals surface area (Å²) in [5.74, 6) is -0.435. The van der Waals surface area contributed by atoms with E-state index in [1.54, 1.807) is 0 Å². The van der Waals surface area contributed by atoms with E-state index in [0.717, 1.165) is 24.4 Å². The summed E-state index contributed by atoms with van der Waals surface area (Å²) < 4.78 is 77.9. The summed E-state index contributed by atoms with van der Waals surface area (Å²) >= 11 is 0. The summed E-state index contributed by atoms with van der Waals surface area (Å²) in [5.41, 5.74) is -2.18. The zero-order valence-corrected chi connectivity index (χ0v) is 15.6. The number of aromatic nitrogens is 7. The van der Waals surface area contributed by atoms with Gasteiger partial charge in [-0.05, 0) is 24.3 Å². The first-order valence-corrected chi connectivity index (χ1v) is 8.70. The molecular weight excluding hydrogens is 442 g/mol. The van der Waals surface area contributed by atoms with Gasteiger partial charge in [0.05, 0.1) is 11.8 Å². The topological polar surface area (TPSA) is 105 Å². The maximum atomic E-state index is 13.0. The predicted octanol–water partition coefficient (Wildman–Crippen LogP) is 4.50. The van der Waals surface area contributed by atoms with Gasteiger partial charge in [0.25, 0.3) is 0 Å². The highest BCUT2D eigenvalue weighted by Crippen LogP contribution is 2.31. The minimum atomic E-state index is -4.69. The summed E-state index contributed by atoms with van der Waals surface area (Å²) in [4.78, 5) is 19.1. The van der Waals surface area contributed by atoms with Crippen LogP contribution < -0.4 is 5.32 Å². The number of nitrogens with zero attached hydrogens (tertiary/aromatic N) is 6. The van der Waals surface area contributed by atoms with E-state index in [4.69, 9.17) is 0 Å². The maximum Gasteiger partial charge on any atom is 0.433 e. The number of alkyl halides is 6. The lowest BCUT2D eigenvalue weighted by molar-refractivity contribution is -0.141. The lowest BCUT2D eigenvalue weighted by atomic mass is 10.2. The van der Waals surface area contributed by atoms with Crippen molar-refractivity contribution in [3.8, 4) is 22.9 Å². The van der Waals surface area contributed by atoms with Gasteiger partial charge in [-0.25, -0.2) is 9.97 Å². The molecule has 4 aromatic heterocycles. The van der Waals surface area contributed by atoms with Crippen molar-refractivity contribution in [2.24, 2.45) is 0 Å². The Morgan fingerprint density at radius 1 is 0.812 bits per heavy atom. The standard InChI is InChI=1S/C18H10F6N8/c19-17(20,21)12-3-1-2-11(29-12)15-30-14(9-7-26-27-8-9)31-16(32-15)28-10-4-5-25-13(6-10)18(22,23)24/h1-8H,(H,26,27)(H,25,28,30,31,32). The number of rotatable bonds is 4. The second-order valence-electron chi connectivity index (χ2n) is 6.25. The molecule has 0 atom stereocenters. The molecule has 164 valence electrons. The Morgan fingerprint density at radius 2 is 1.56 bits per heavy atom. The van der Waals surface area contributed by atoms with E-state index >= 15 is 0 Å². The van der Waals surface area contributed by atoms with Gasteiger partial charge in [0.2, 0.25) is 5.95 Å². The number of hydrogen-bond acceptors (Lipinski definition) is 7. The smallest absolute Gasteiger partial charge is 0.324 e. The van der Waals surface area contributed by atoms with Crippen LogP contribution >= 0.6 is 0 Å². The van der Waals surface area contributed by atoms with Crippen LogP contribution in [0.25, 0.3) is 22.9 Å². The van der Waals surface area contributed by atoms with Crippen molar-refractivity contribution >= 4 is 11.6 Å². The third kappa shape index (κ3) is 4.63. The molecule has 0 saturated heterocycles. The van der Waals surface area contributed by atoms with E-state index in [9.17, 15) is 26.3 Å². The average Bonchev–Trinajstić information content (AvgIpc) is 3.28. The van der Waals surface area contributed by atoms with E-state index in [2.05, 4.69) is 40.4 Å². The highest BCUT2D eigenvalue weighted by atomic mass is 19.4. The third-order valence-corrected chi connectivity index (χ3v) is 3.97. The summed E-state index contributed by atoms with van der Waals surface area (Å²) in [6.07, 6.45) is -5.64. The predicted molar refractivity (Wildman–Crippen MR) is 98.2 cm³/mol. The van der Waals surface area contributed by atoms with Crippen LogP contribution in [0.1, 0.15) is 11.4 Å². The molecule has 0 aliphatic carbocycles. The molecule has 0 aliphatic heterocycles. The molecular formula is C18H10F6N8. The fraction of sp³-hybridized carbons (Fsp3) is 0.111. The van der Waals surface area contributed by atoms with Crippen LogP contribution in [-0.2, 0) is 12.4 Å². The molecule has 0 aliphatic rings. The Kier molecular flexibility index (Phi) is 5.20. The van der Waals surface area contributed by atoms with Gasteiger partial charge in [-0.3, -0.25) is 10.1 Å². The molecule has 4 heterocycles. The Morgan fingerprint density at radius 3 is 2.25 bits per heavy atom. The number of pyridine rings is 2. The monoisotopic (exact) mass is 452 g/mol. The van der Waals surface area contributed by atoms with Crippen LogP contribution in [0.5, 0.6) is 0 Å². The summed E-state index contributed by atoms with van der Waals surface area (Å²) in [5, 5.41) is 8.89. The number of halogens is 6. The Bertz CT molecular complexity index is 1240. The zero-order valence-electron chi connectivity index (χ0n) is 15.6. The van der Waals surface area contributed by atoms with E-state index in [1.807, 2.05) is 0 Å². The number of aromatic amines is 1. The normalized spacial score (nSPS) is 12.1. The van der Waals surface area contributed by atoms with Crippen molar-refractivity contribution in [1.29, 1.82) is 0 Å². The first kappa shape index (κ1) is 21.1. The second kappa shape index (κ2) is 7.86. The van der Waals surface area contributed by atoms with Gasteiger partial charge in [0, 0.05) is 18.1 Å². The minimum absolute atomic E-state index is 0.00978. The highest BCUT2D eigenvalue weighted by molar-refractivity contribution is 5.62. The van der Waals surface area contributed by atoms with Crippen LogP contribution in [0, 0.1) is 0 Å². The minimum Gasteiger partial charge on any atom is -0.324 e. The Hall–Kier alpha value is -4.10. The fourth-order valence-electron chi connectivity index (χ4n) is 2.56. The summed E-state index contributed by atoms with van der Waals surface area (Å²) in [6.45, 7) is 0. The first-order chi connectivity index (χ1) is 15.1. The fourth-order valence-corrected chi connectivity index (χ4v) is 2.56. The van der Waals surface area contributed by atoms with Crippen LogP contribution in [0.15, 0.2) is 48.9 Å². The summed E-state index contributed by atoms with van der Waals surface area (Å²) in [6, 6.07) is 5.18.